The molecule has 1 saturated heterocycles. The summed E-state index contributed by atoms with van der Waals surface area (Å²) in [6.07, 6.45) is 4.08. The van der Waals surface area contributed by atoms with Crippen LogP contribution < -0.4 is 4.90 Å². The molecule has 0 radical (unpaired) electrons. The molecule has 1 heterocycles. The smallest absolute Gasteiger partial charge is 0.292 e. The zero-order valence-electron chi connectivity index (χ0n) is 15.7. The fourth-order valence-corrected chi connectivity index (χ4v) is 3.23. The van der Waals surface area contributed by atoms with Crippen molar-refractivity contribution in [1.29, 1.82) is 0 Å². The lowest BCUT2D eigenvalue weighted by Crippen LogP contribution is -2.37. The number of anilines is 1. The molecule has 1 fully saturated rings. The van der Waals surface area contributed by atoms with Crippen LogP contribution in [0.1, 0.15) is 52.0 Å². The van der Waals surface area contributed by atoms with Crippen molar-refractivity contribution in [3.05, 3.63) is 33.9 Å². The summed E-state index contributed by atoms with van der Waals surface area (Å²) >= 11 is 0. The first kappa shape index (κ1) is 19.2. The van der Waals surface area contributed by atoms with E-state index in [0.29, 0.717) is 12.2 Å². The van der Waals surface area contributed by atoms with Gasteiger partial charge in [-0.25, -0.2) is 0 Å². The number of rotatable bonds is 6. The molecule has 0 unspecified atom stereocenters. The molecule has 0 aromatic heterocycles. The van der Waals surface area contributed by atoms with Crippen molar-refractivity contribution in [2.24, 2.45) is 5.41 Å². The van der Waals surface area contributed by atoms with Gasteiger partial charge in [-0.2, -0.15) is 0 Å². The molecule has 0 saturated carbocycles. The number of hydrogen-bond acceptors (Lipinski definition) is 4. The second kappa shape index (κ2) is 7.85. The highest BCUT2D eigenvalue weighted by atomic mass is 16.6. The van der Waals surface area contributed by atoms with Crippen molar-refractivity contribution in [2.45, 2.75) is 53.0 Å². The van der Waals surface area contributed by atoms with E-state index in [9.17, 15) is 14.9 Å². The Balaban J connectivity index is 2.21. The lowest BCUT2D eigenvalue weighted by atomic mass is 9.88. The number of hydrogen-bond donors (Lipinski definition) is 0. The van der Waals surface area contributed by atoms with E-state index in [1.54, 1.807) is 18.0 Å². The maximum absolute atomic E-state index is 12.5. The van der Waals surface area contributed by atoms with Crippen LogP contribution in [0, 0.1) is 15.5 Å². The Labute approximate surface area is 150 Å². The van der Waals surface area contributed by atoms with Crippen LogP contribution in [0.15, 0.2) is 18.2 Å². The molecule has 0 atom stereocenters. The maximum Gasteiger partial charge on any atom is 0.292 e. The van der Waals surface area contributed by atoms with Gasteiger partial charge in [0.1, 0.15) is 5.69 Å². The Kier molecular flexibility index (Phi) is 6.03. The molecule has 0 spiro atoms. The quantitative estimate of drug-likeness (QED) is 0.577. The van der Waals surface area contributed by atoms with Crippen molar-refractivity contribution in [3.63, 3.8) is 0 Å². The van der Waals surface area contributed by atoms with Crippen LogP contribution in [-0.4, -0.2) is 35.9 Å². The fourth-order valence-electron chi connectivity index (χ4n) is 3.23. The van der Waals surface area contributed by atoms with Crippen molar-refractivity contribution in [3.8, 4) is 0 Å². The Morgan fingerprint density at radius 2 is 1.92 bits per heavy atom. The average molecular weight is 347 g/mol. The SMILES string of the molecule is CCC(C)(C)C(=O)N(C)Cc1ccc(N2CCCCC2)c([N+](=O)[O-])c1. The summed E-state index contributed by atoms with van der Waals surface area (Å²) < 4.78 is 0. The van der Waals surface area contributed by atoms with Crippen molar-refractivity contribution < 1.29 is 9.72 Å². The summed E-state index contributed by atoms with van der Waals surface area (Å²) in [5, 5.41) is 11.5. The molecule has 0 aliphatic carbocycles. The first-order valence-corrected chi connectivity index (χ1v) is 9.04. The number of benzene rings is 1. The largest absolute Gasteiger partial charge is 0.366 e. The summed E-state index contributed by atoms with van der Waals surface area (Å²) in [6, 6.07) is 5.36. The summed E-state index contributed by atoms with van der Waals surface area (Å²) in [5.41, 5.74) is 1.19. The molecule has 2 rings (SSSR count). The van der Waals surface area contributed by atoms with Gasteiger partial charge in [-0.1, -0.05) is 26.8 Å². The van der Waals surface area contributed by atoms with E-state index < -0.39 is 5.41 Å². The summed E-state index contributed by atoms with van der Waals surface area (Å²) in [7, 11) is 1.75. The van der Waals surface area contributed by atoms with Gasteiger partial charge >= 0.3 is 0 Å². The second-order valence-corrected chi connectivity index (χ2v) is 7.53. The first-order valence-electron chi connectivity index (χ1n) is 9.04. The van der Waals surface area contributed by atoms with Gasteiger partial charge in [-0.3, -0.25) is 14.9 Å². The number of carbonyl (C=O) groups excluding carboxylic acids is 1. The van der Waals surface area contributed by atoms with Crippen LogP contribution in [0.2, 0.25) is 0 Å². The Bertz CT molecular complexity index is 637. The number of carbonyl (C=O) groups is 1. The molecule has 1 aromatic rings. The summed E-state index contributed by atoms with van der Waals surface area (Å²) in [4.78, 5) is 27.5. The number of nitro benzene ring substituents is 1. The van der Waals surface area contributed by atoms with Crippen LogP contribution in [0.4, 0.5) is 11.4 Å². The Morgan fingerprint density at radius 3 is 2.48 bits per heavy atom. The monoisotopic (exact) mass is 347 g/mol. The minimum Gasteiger partial charge on any atom is -0.366 e. The molecule has 1 aliphatic heterocycles. The zero-order valence-corrected chi connectivity index (χ0v) is 15.7. The van der Waals surface area contributed by atoms with Gasteiger partial charge in [0, 0.05) is 38.2 Å². The van der Waals surface area contributed by atoms with Gasteiger partial charge in [0.05, 0.1) is 4.92 Å². The van der Waals surface area contributed by atoms with Gasteiger partial charge in [-0.05, 0) is 37.3 Å². The van der Waals surface area contributed by atoms with Gasteiger partial charge in [0.2, 0.25) is 5.91 Å². The molecular weight excluding hydrogens is 318 g/mol. The molecule has 0 bridgehead atoms. The van der Waals surface area contributed by atoms with E-state index in [1.165, 1.54) is 6.42 Å². The minimum atomic E-state index is -0.422. The number of piperidine rings is 1. The molecule has 0 N–H and O–H groups in total. The standard InChI is InChI=1S/C19H29N3O3/c1-5-19(2,3)18(23)20(4)14-15-9-10-16(17(13-15)22(24)25)21-11-7-6-8-12-21/h9-10,13H,5-8,11-12,14H2,1-4H3. The van der Waals surface area contributed by atoms with Crippen LogP contribution in [-0.2, 0) is 11.3 Å². The third-order valence-corrected chi connectivity index (χ3v) is 5.16. The van der Waals surface area contributed by atoms with Crippen LogP contribution >= 0.6 is 0 Å². The number of nitro groups is 1. The van der Waals surface area contributed by atoms with Crippen molar-refractivity contribution >= 4 is 17.3 Å². The zero-order chi connectivity index (χ0) is 18.6. The van der Waals surface area contributed by atoms with E-state index in [0.717, 1.165) is 37.9 Å². The molecule has 1 aromatic carbocycles. The topological polar surface area (TPSA) is 66.7 Å². The predicted molar refractivity (Wildman–Crippen MR) is 99.7 cm³/mol. The molecule has 1 amide bonds. The summed E-state index contributed by atoms with van der Waals surface area (Å²) in [5.74, 6) is 0.0535. The second-order valence-electron chi connectivity index (χ2n) is 7.53. The number of nitrogens with zero attached hydrogens (tertiary/aromatic N) is 3. The van der Waals surface area contributed by atoms with E-state index in [-0.39, 0.29) is 16.5 Å². The summed E-state index contributed by atoms with van der Waals surface area (Å²) in [6.45, 7) is 7.95. The number of amides is 1. The molecule has 25 heavy (non-hydrogen) atoms. The van der Waals surface area contributed by atoms with E-state index in [4.69, 9.17) is 0 Å². The first-order chi connectivity index (χ1) is 11.8. The Hall–Kier alpha value is -2.11. The highest BCUT2D eigenvalue weighted by Crippen LogP contribution is 2.32. The lowest BCUT2D eigenvalue weighted by molar-refractivity contribution is -0.384. The van der Waals surface area contributed by atoms with E-state index >= 15 is 0 Å². The van der Waals surface area contributed by atoms with Gasteiger partial charge < -0.3 is 9.80 Å². The molecule has 6 nitrogen and oxygen atoms in total. The van der Waals surface area contributed by atoms with Crippen LogP contribution in [0.3, 0.4) is 0 Å². The fraction of sp³-hybridized carbons (Fsp3) is 0.632. The molecule has 6 heteroatoms. The average Bonchev–Trinajstić information content (AvgIpc) is 2.61. The van der Waals surface area contributed by atoms with Crippen LogP contribution in [0.5, 0.6) is 0 Å². The highest BCUT2D eigenvalue weighted by Gasteiger charge is 2.29. The van der Waals surface area contributed by atoms with Crippen molar-refractivity contribution in [1.82, 2.24) is 4.90 Å². The van der Waals surface area contributed by atoms with Gasteiger partial charge in [0.25, 0.3) is 5.69 Å². The van der Waals surface area contributed by atoms with Gasteiger partial charge in [0.15, 0.2) is 0 Å². The highest BCUT2D eigenvalue weighted by molar-refractivity contribution is 5.81. The minimum absolute atomic E-state index is 0.0535. The van der Waals surface area contributed by atoms with E-state index in [1.807, 2.05) is 32.9 Å². The maximum atomic E-state index is 12.5. The van der Waals surface area contributed by atoms with E-state index in [2.05, 4.69) is 4.90 Å². The normalized spacial score (nSPS) is 15.1. The third kappa shape index (κ3) is 4.50. The van der Waals surface area contributed by atoms with Crippen molar-refractivity contribution in [2.75, 3.05) is 25.0 Å². The predicted octanol–water partition coefficient (Wildman–Crippen LogP) is 3.98. The molecular formula is C19H29N3O3. The van der Waals surface area contributed by atoms with Gasteiger partial charge in [-0.15, -0.1) is 0 Å². The van der Waals surface area contributed by atoms with Crippen LogP contribution in [0.25, 0.3) is 0 Å². The Morgan fingerprint density at radius 1 is 1.28 bits per heavy atom. The molecule has 138 valence electrons. The third-order valence-electron chi connectivity index (χ3n) is 5.16. The lowest BCUT2D eigenvalue weighted by Gasteiger charge is -2.29. The molecule has 1 aliphatic rings.